The summed E-state index contributed by atoms with van der Waals surface area (Å²) >= 11 is 0. The standard InChI is InChI=1S/C24H34O4/c1-3-23-8-6-17-16-5-4-15(25)11-14(16)10-13(2)21(17)22(23)18-12-19(18)24(23,28)9-7-20(26)27/h11,13,16-19,21-22,28H,3-10,12H2,1-2H3,(H,26,27)/t13-,16-,17+,18-,19+,21+,22-,23-,24-/m0/s1. The van der Waals surface area contributed by atoms with Gasteiger partial charge in [0.1, 0.15) is 0 Å². The second kappa shape index (κ2) is 6.17. The Hall–Kier alpha value is -1.16. The Morgan fingerprint density at radius 1 is 1.29 bits per heavy atom. The van der Waals surface area contributed by atoms with Crippen LogP contribution >= 0.6 is 0 Å². The molecule has 4 fully saturated rings. The molecule has 0 aliphatic heterocycles. The smallest absolute Gasteiger partial charge is 0.303 e. The SMILES string of the molecule is CC[C@]12CC[C@H]3[C@H]([C@@H]1[C@H]1C[C@H]1[C@@]2(O)CCC(=O)O)[C@@H](C)CC1=CC(=O)CC[C@@H]13. The van der Waals surface area contributed by atoms with Crippen LogP contribution in [-0.2, 0) is 9.59 Å². The van der Waals surface area contributed by atoms with E-state index in [1.54, 1.807) is 0 Å². The van der Waals surface area contributed by atoms with E-state index in [2.05, 4.69) is 13.8 Å². The van der Waals surface area contributed by atoms with E-state index in [0.717, 1.165) is 38.5 Å². The van der Waals surface area contributed by atoms with Crippen molar-refractivity contribution in [2.75, 3.05) is 0 Å². The Morgan fingerprint density at radius 3 is 2.79 bits per heavy atom. The monoisotopic (exact) mass is 386 g/mol. The van der Waals surface area contributed by atoms with Gasteiger partial charge in [-0.3, -0.25) is 9.59 Å². The normalized spacial score (nSPS) is 51.5. The third-order valence-corrected chi connectivity index (χ3v) is 9.85. The summed E-state index contributed by atoms with van der Waals surface area (Å²) in [5.74, 6) is 3.35. The quantitative estimate of drug-likeness (QED) is 0.759. The first-order valence-corrected chi connectivity index (χ1v) is 11.5. The average molecular weight is 387 g/mol. The molecule has 5 aliphatic carbocycles. The van der Waals surface area contributed by atoms with Crippen LogP contribution < -0.4 is 0 Å². The fourth-order valence-electron chi connectivity index (χ4n) is 8.92. The number of ketones is 1. The number of allylic oxidation sites excluding steroid dienone is 1. The first-order valence-electron chi connectivity index (χ1n) is 11.5. The number of hydrogen-bond acceptors (Lipinski definition) is 3. The minimum Gasteiger partial charge on any atom is -0.481 e. The third kappa shape index (κ3) is 2.33. The molecule has 4 nitrogen and oxygen atoms in total. The number of aliphatic carboxylic acids is 1. The summed E-state index contributed by atoms with van der Waals surface area (Å²) in [6.45, 7) is 4.59. The molecular formula is C24H34O4. The lowest BCUT2D eigenvalue weighted by Gasteiger charge is -2.60. The van der Waals surface area contributed by atoms with Gasteiger partial charge in [-0.2, -0.15) is 0 Å². The highest BCUT2D eigenvalue weighted by Gasteiger charge is 2.76. The molecule has 2 N–H and O–H groups in total. The first-order chi connectivity index (χ1) is 13.3. The van der Waals surface area contributed by atoms with Gasteiger partial charge in [-0.1, -0.05) is 19.4 Å². The zero-order valence-corrected chi connectivity index (χ0v) is 17.2. The zero-order chi connectivity index (χ0) is 19.8. The number of fused-ring (bicyclic) bond motifs is 7. The zero-order valence-electron chi connectivity index (χ0n) is 17.2. The number of aliphatic hydroxyl groups is 1. The highest BCUT2D eigenvalue weighted by Crippen LogP contribution is 2.78. The predicted molar refractivity (Wildman–Crippen MR) is 105 cm³/mol. The van der Waals surface area contributed by atoms with E-state index >= 15 is 0 Å². The van der Waals surface area contributed by atoms with Gasteiger partial charge >= 0.3 is 5.97 Å². The van der Waals surface area contributed by atoms with Gasteiger partial charge in [0.2, 0.25) is 0 Å². The van der Waals surface area contributed by atoms with Crippen LogP contribution in [0.2, 0.25) is 0 Å². The van der Waals surface area contributed by atoms with Crippen molar-refractivity contribution in [2.24, 2.45) is 46.8 Å². The van der Waals surface area contributed by atoms with Crippen LogP contribution in [0.15, 0.2) is 11.6 Å². The molecule has 4 heteroatoms. The Kier molecular flexibility index (Phi) is 4.15. The summed E-state index contributed by atoms with van der Waals surface area (Å²) in [6, 6.07) is 0. The topological polar surface area (TPSA) is 74.6 Å². The number of carboxylic acid groups (broad SMARTS) is 1. The summed E-state index contributed by atoms with van der Waals surface area (Å²) < 4.78 is 0. The van der Waals surface area contributed by atoms with Crippen molar-refractivity contribution in [3.8, 4) is 0 Å². The summed E-state index contributed by atoms with van der Waals surface area (Å²) in [5.41, 5.74) is 0.510. The number of hydrogen-bond donors (Lipinski definition) is 2. The van der Waals surface area contributed by atoms with E-state index in [4.69, 9.17) is 0 Å². The molecular weight excluding hydrogens is 352 g/mol. The van der Waals surface area contributed by atoms with Crippen LogP contribution in [-0.4, -0.2) is 27.6 Å². The van der Waals surface area contributed by atoms with E-state index < -0.39 is 11.6 Å². The summed E-state index contributed by atoms with van der Waals surface area (Å²) in [5, 5.41) is 21.2. The molecule has 0 heterocycles. The van der Waals surface area contributed by atoms with Gasteiger partial charge in [0, 0.05) is 18.3 Å². The molecule has 0 amide bonds. The van der Waals surface area contributed by atoms with Gasteiger partial charge < -0.3 is 10.2 Å². The number of carbonyl (C=O) groups is 2. The van der Waals surface area contributed by atoms with E-state index in [-0.39, 0.29) is 11.8 Å². The predicted octanol–water partition coefficient (Wildman–Crippen LogP) is 4.22. The van der Waals surface area contributed by atoms with Crippen molar-refractivity contribution >= 4 is 11.8 Å². The summed E-state index contributed by atoms with van der Waals surface area (Å²) in [7, 11) is 0. The highest BCUT2D eigenvalue weighted by molar-refractivity contribution is 5.91. The van der Waals surface area contributed by atoms with Crippen molar-refractivity contribution in [3.05, 3.63) is 11.6 Å². The lowest BCUT2D eigenvalue weighted by Crippen LogP contribution is -2.57. The molecule has 0 radical (unpaired) electrons. The van der Waals surface area contributed by atoms with Crippen molar-refractivity contribution in [3.63, 3.8) is 0 Å². The van der Waals surface area contributed by atoms with Crippen LogP contribution in [0, 0.1) is 46.8 Å². The van der Waals surface area contributed by atoms with Gasteiger partial charge in [-0.25, -0.2) is 0 Å². The average Bonchev–Trinajstić information content (AvgIpc) is 3.42. The van der Waals surface area contributed by atoms with Crippen LogP contribution in [0.1, 0.15) is 71.6 Å². The van der Waals surface area contributed by atoms with Crippen molar-refractivity contribution in [1.29, 1.82) is 0 Å². The van der Waals surface area contributed by atoms with E-state index in [0.29, 0.717) is 60.1 Å². The second-order valence-corrected chi connectivity index (χ2v) is 10.7. The lowest BCUT2D eigenvalue weighted by molar-refractivity contribution is -0.167. The van der Waals surface area contributed by atoms with Gasteiger partial charge in [0.25, 0.3) is 0 Å². The van der Waals surface area contributed by atoms with Crippen LogP contribution in [0.3, 0.4) is 0 Å². The molecule has 5 aliphatic rings. The van der Waals surface area contributed by atoms with Crippen molar-refractivity contribution in [2.45, 2.75) is 77.2 Å². The molecule has 28 heavy (non-hydrogen) atoms. The van der Waals surface area contributed by atoms with Gasteiger partial charge in [0.15, 0.2) is 5.78 Å². The molecule has 0 spiro atoms. The molecule has 0 aromatic carbocycles. The molecule has 154 valence electrons. The molecule has 5 rings (SSSR count). The van der Waals surface area contributed by atoms with E-state index in [1.807, 2.05) is 6.08 Å². The molecule has 0 unspecified atom stereocenters. The third-order valence-electron chi connectivity index (χ3n) is 9.85. The second-order valence-electron chi connectivity index (χ2n) is 10.7. The van der Waals surface area contributed by atoms with Gasteiger partial charge in [-0.05, 0) is 92.4 Å². The van der Waals surface area contributed by atoms with Crippen LogP contribution in [0.25, 0.3) is 0 Å². The maximum atomic E-state index is 12.0. The molecule has 0 aromatic heterocycles. The maximum absolute atomic E-state index is 12.0. The van der Waals surface area contributed by atoms with Crippen LogP contribution in [0.5, 0.6) is 0 Å². The van der Waals surface area contributed by atoms with Gasteiger partial charge in [-0.15, -0.1) is 0 Å². The van der Waals surface area contributed by atoms with E-state index in [9.17, 15) is 19.8 Å². The molecule has 4 saturated carbocycles. The number of rotatable bonds is 4. The van der Waals surface area contributed by atoms with Crippen molar-refractivity contribution < 1.29 is 19.8 Å². The number of carbonyl (C=O) groups excluding carboxylic acids is 1. The summed E-state index contributed by atoms with van der Waals surface area (Å²) in [6.07, 6.45) is 9.42. The maximum Gasteiger partial charge on any atom is 0.303 e. The first kappa shape index (κ1) is 18.8. The van der Waals surface area contributed by atoms with E-state index in [1.165, 1.54) is 5.57 Å². The Bertz CT molecular complexity index is 741. The molecule has 9 atom stereocenters. The highest BCUT2D eigenvalue weighted by atomic mass is 16.4. The fraction of sp³-hybridized carbons (Fsp3) is 0.833. The molecule has 0 aromatic rings. The molecule has 0 saturated heterocycles. The minimum absolute atomic E-state index is 0.0788. The summed E-state index contributed by atoms with van der Waals surface area (Å²) in [4.78, 5) is 23.3. The largest absolute Gasteiger partial charge is 0.481 e. The Balaban J connectivity index is 1.51. The van der Waals surface area contributed by atoms with Crippen molar-refractivity contribution in [1.82, 2.24) is 0 Å². The number of carboxylic acids is 1. The lowest BCUT2D eigenvalue weighted by atomic mass is 9.45. The minimum atomic E-state index is -0.793. The Morgan fingerprint density at radius 2 is 2.07 bits per heavy atom. The molecule has 0 bridgehead atoms. The fourth-order valence-corrected chi connectivity index (χ4v) is 8.92. The van der Waals surface area contributed by atoms with Gasteiger partial charge in [0.05, 0.1) is 5.60 Å². The Labute approximate surface area is 167 Å². The van der Waals surface area contributed by atoms with Crippen LogP contribution in [0.4, 0.5) is 0 Å².